The van der Waals surface area contributed by atoms with Crippen LogP contribution in [-0.4, -0.2) is 40.8 Å². The molecule has 0 spiro atoms. The van der Waals surface area contributed by atoms with Gasteiger partial charge < -0.3 is 15.2 Å². The van der Waals surface area contributed by atoms with Crippen LogP contribution in [0.25, 0.3) is 0 Å². The number of nitrogens with zero attached hydrogens (tertiary/aromatic N) is 2. The average molecular weight is 267 g/mol. The fourth-order valence-corrected chi connectivity index (χ4v) is 1.53. The van der Waals surface area contributed by atoms with Gasteiger partial charge in [-0.15, -0.1) is 0 Å². The topological polar surface area (TPSA) is 84.3 Å². The first-order valence-corrected chi connectivity index (χ1v) is 6.09. The summed E-state index contributed by atoms with van der Waals surface area (Å²) in [5.41, 5.74) is 0.694. The summed E-state index contributed by atoms with van der Waals surface area (Å²) in [4.78, 5) is 19.8. The van der Waals surface area contributed by atoms with Gasteiger partial charge in [0.15, 0.2) is 5.69 Å². The molecule has 0 radical (unpaired) electrons. The molecule has 1 aromatic rings. The van der Waals surface area contributed by atoms with Crippen LogP contribution in [0, 0.1) is 12.3 Å². The lowest BCUT2D eigenvalue weighted by Crippen LogP contribution is -2.38. The Kier molecular flexibility index (Phi) is 4.83. The van der Waals surface area contributed by atoms with Crippen LogP contribution in [0.3, 0.4) is 0 Å². The summed E-state index contributed by atoms with van der Waals surface area (Å²) in [6.45, 7) is 7.71. The van der Waals surface area contributed by atoms with Crippen LogP contribution in [0.5, 0.6) is 0 Å². The Morgan fingerprint density at radius 3 is 2.58 bits per heavy atom. The Labute approximate surface area is 113 Å². The van der Waals surface area contributed by atoms with Crippen LogP contribution in [0.15, 0.2) is 6.07 Å². The van der Waals surface area contributed by atoms with Gasteiger partial charge in [-0.1, -0.05) is 20.8 Å². The smallest absolute Gasteiger partial charge is 0.356 e. The highest BCUT2D eigenvalue weighted by molar-refractivity contribution is 5.87. The Bertz CT molecular complexity index is 455. The summed E-state index contributed by atoms with van der Waals surface area (Å²) in [6.07, 6.45) is 0. The van der Waals surface area contributed by atoms with Gasteiger partial charge in [0.1, 0.15) is 0 Å². The standard InChI is InChI=1S/C13H21N3O3/c1-8-6-9(11(18)19-5)15-12(14-8)16-10(7-17)13(2,3)4/h6,10,17H,7H2,1-5H3,(H,14,15,16). The van der Waals surface area contributed by atoms with E-state index < -0.39 is 5.97 Å². The molecule has 6 nitrogen and oxygen atoms in total. The molecule has 1 heterocycles. The van der Waals surface area contributed by atoms with Gasteiger partial charge in [0.25, 0.3) is 0 Å². The second-order valence-electron chi connectivity index (χ2n) is 5.46. The number of aromatic nitrogens is 2. The van der Waals surface area contributed by atoms with E-state index in [1.807, 2.05) is 20.8 Å². The molecule has 6 heteroatoms. The Balaban J connectivity index is 3.01. The van der Waals surface area contributed by atoms with Crippen LogP contribution in [-0.2, 0) is 4.74 Å². The number of rotatable bonds is 4. The van der Waals surface area contributed by atoms with E-state index in [9.17, 15) is 9.90 Å². The number of aryl methyl sites for hydroxylation is 1. The molecule has 0 aliphatic rings. The molecule has 1 rings (SSSR count). The third-order valence-electron chi connectivity index (χ3n) is 2.78. The van der Waals surface area contributed by atoms with Crippen LogP contribution in [0.4, 0.5) is 5.95 Å². The molecule has 2 N–H and O–H groups in total. The third kappa shape index (κ3) is 4.17. The molecule has 0 fully saturated rings. The minimum atomic E-state index is -0.509. The number of methoxy groups -OCH3 is 1. The van der Waals surface area contributed by atoms with Crippen molar-refractivity contribution < 1.29 is 14.6 Å². The molecule has 106 valence electrons. The monoisotopic (exact) mass is 267 g/mol. The number of hydrogen-bond acceptors (Lipinski definition) is 6. The van der Waals surface area contributed by atoms with Gasteiger partial charge in [-0.3, -0.25) is 0 Å². The van der Waals surface area contributed by atoms with E-state index in [1.165, 1.54) is 7.11 Å². The average Bonchev–Trinajstić information content (AvgIpc) is 2.32. The van der Waals surface area contributed by atoms with E-state index in [2.05, 4.69) is 20.0 Å². The van der Waals surface area contributed by atoms with Crippen LogP contribution in [0.2, 0.25) is 0 Å². The minimum absolute atomic E-state index is 0.0473. The zero-order valence-corrected chi connectivity index (χ0v) is 12.0. The highest BCUT2D eigenvalue weighted by atomic mass is 16.5. The second kappa shape index (κ2) is 5.97. The number of ether oxygens (including phenoxy) is 1. The molecule has 1 aromatic heterocycles. The Morgan fingerprint density at radius 1 is 1.47 bits per heavy atom. The minimum Gasteiger partial charge on any atom is -0.464 e. The second-order valence-corrected chi connectivity index (χ2v) is 5.46. The fourth-order valence-electron chi connectivity index (χ4n) is 1.53. The number of hydrogen-bond donors (Lipinski definition) is 2. The van der Waals surface area contributed by atoms with Crippen LogP contribution in [0.1, 0.15) is 37.0 Å². The van der Waals surface area contributed by atoms with E-state index >= 15 is 0 Å². The first kappa shape index (κ1) is 15.4. The number of carbonyl (C=O) groups excluding carboxylic acids is 1. The van der Waals surface area contributed by atoms with Gasteiger partial charge in [-0.25, -0.2) is 14.8 Å². The summed E-state index contributed by atoms with van der Waals surface area (Å²) >= 11 is 0. The maximum absolute atomic E-state index is 11.5. The maximum atomic E-state index is 11.5. The molecular weight excluding hydrogens is 246 g/mol. The molecule has 0 aliphatic carbocycles. The van der Waals surface area contributed by atoms with E-state index in [0.717, 1.165) is 0 Å². The molecule has 0 aromatic carbocycles. The maximum Gasteiger partial charge on any atom is 0.356 e. The number of esters is 1. The van der Waals surface area contributed by atoms with E-state index in [1.54, 1.807) is 13.0 Å². The van der Waals surface area contributed by atoms with Gasteiger partial charge in [0, 0.05) is 5.69 Å². The SMILES string of the molecule is COC(=O)c1cc(C)nc(NC(CO)C(C)(C)C)n1. The lowest BCUT2D eigenvalue weighted by molar-refractivity contribution is 0.0594. The summed E-state index contributed by atoms with van der Waals surface area (Å²) < 4.78 is 4.64. The lowest BCUT2D eigenvalue weighted by Gasteiger charge is -2.29. The van der Waals surface area contributed by atoms with Crippen molar-refractivity contribution in [2.75, 3.05) is 19.0 Å². The van der Waals surface area contributed by atoms with Gasteiger partial charge in [0.2, 0.25) is 5.95 Å². The van der Waals surface area contributed by atoms with Crippen molar-refractivity contribution in [3.63, 3.8) is 0 Å². The quantitative estimate of drug-likeness (QED) is 0.802. The van der Waals surface area contributed by atoms with Gasteiger partial charge in [0.05, 0.1) is 19.8 Å². The normalized spacial score (nSPS) is 12.9. The summed E-state index contributed by atoms with van der Waals surface area (Å²) in [6, 6.07) is 1.35. The number of anilines is 1. The van der Waals surface area contributed by atoms with Crippen LogP contribution < -0.4 is 5.32 Å². The number of aliphatic hydroxyl groups excluding tert-OH is 1. The summed E-state index contributed by atoms with van der Waals surface area (Å²) in [5, 5.41) is 12.5. The first-order valence-electron chi connectivity index (χ1n) is 6.09. The predicted octanol–water partition coefficient (Wildman–Crippen LogP) is 1.39. The van der Waals surface area contributed by atoms with E-state index in [4.69, 9.17) is 0 Å². The van der Waals surface area contributed by atoms with Crippen molar-refractivity contribution in [3.05, 3.63) is 17.5 Å². The van der Waals surface area contributed by atoms with Crippen molar-refractivity contribution in [2.24, 2.45) is 5.41 Å². The van der Waals surface area contributed by atoms with Crippen molar-refractivity contribution >= 4 is 11.9 Å². The highest BCUT2D eigenvalue weighted by Gasteiger charge is 2.25. The van der Waals surface area contributed by atoms with E-state index in [0.29, 0.717) is 11.6 Å². The largest absolute Gasteiger partial charge is 0.464 e. The molecule has 0 amide bonds. The number of aliphatic hydroxyl groups is 1. The lowest BCUT2D eigenvalue weighted by atomic mass is 9.87. The summed E-state index contributed by atoms with van der Waals surface area (Å²) in [5.74, 6) is -0.195. The molecule has 1 atom stereocenters. The predicted molar refractivity (Wildman–Crippen MR) is 72.1 cm³/mol. The molecule has 19 heavy (non-hydrogen) atoms. The van der Waals surface area contributed by atoms with Crippen molar-refractivity contribution in [2.45, 2.75) is 33.7 Å². The number of nitrogens with one attached hydrogen (secondary N) is 1. The fraction of sp³-hybridized carbons (Fsp3) is 0.615. The molecule has 0 bridgehead atoms. The third-order valence-corrected chi connectivity index (χ3v) is 2.78. The Morgan fingerprint density at radius 2 is 2.11 bits per heavy atom. The highest BCUT2D eigenvalue weighted by Crippen LogP contribution is 2.21. The molecular formula is C13H21N3O3. The van der Waals surface area contributed by atoms with Crippen molar-refractivity contribution in [1.82, 2.24) is 9.97 Å². The number of carbonyl (C=O) groups is 1. The molecule has 1 unspecified atom stereocenters. The van der Waals surface area contributed by atoms with E-state index in [-0.39, 0.29) is 23.8 Å². The molecule has 0 saturated carbocycles. The summed E-state index contributed by atoms with van der Waals surface area (Å²) in [7, 11) is 1.30. The molecule has 0 aliphatic heterocycles. The zero-order valence-electron chi connectivity index (χ0n) is 12.0. The van der Waals surface area contributed by atoms with Crippen LogP contribution >= 0.6 is 0 Å². The molecule has 0 saturated heterocycles. The van der Waals surface area contributed by atoms with Gasteiger partial charge >= 0.3 is 5.97 Å². The van der Waals surface area contributed by atoms with Crippen molar-refractivity contribution in [1.29, 1.82) is 0 Å². The van der Waals surface area contributed by atoms with Gasteiger partial charge in [-0.05, 0) is 18.4 Å². The Hall–Kier alpha value is -1.69. The van der Waals surface area contributed by atoms with Gasteiger partial charge in [-0.2, -0.15) is 0 Å². The first-order chi connectivity index (χ1) is 8.77. The zero-order chi connectivity index (χ0) is 14.6. The van der Waals surface area contributed by atoms with Crippen molar-refractivity contribution in [3.8, 4) is 0 Å².